The number of hydrogen-bond donors (Lipinski definition) is 1. The molecule has 3 nitrogen and oxygen atoms in total. The second kappa shape index (κ2) is 20.9. The zero-order valence-electron chi connectivity index (χ0n) is 18.2. The fourth-order valence-corrected chi connectivity index (χ4v) is 3.10. The molecule has 0 aliphatic rings. The van der Waals surface area contributed by atoms with Crippen molar-refractivity contribution in [2.75, 3.05) is 33.9 Å². The second-order valence-electron chi connectivity index (χ2n) is 7.87. The normalized spacial score (nSPS) is 13.1. The highest BCUT2D eigenvalue weighted by molar-refractivity contribution is 4.81. The number of unbranched alkanes of at least 4 members (excludes halogenated alkanes) is 12. The molecule has 1 atom stereocenters. The molecule has 0 spiro atoms. The van der Waals surface area contributed by atoms with Crippen LogP contribution in [0.15, 0.2) is 12.2 Å². The van der Waals surface area contributed by atoms with Crippen molar-refractivity contribution >= 4 is 0 Å². The summed E-state index contributed by atoms with van der Waals surface area (Å²) >= 11 is 0. The summed E-state index contributed by atoms with van der Waals surface area (Å²) in [6.45, 7) is 4.59. The molecule has 0 saturated heterocycles. The van der Waals surface area contributed by atoms with E-state index in [0.29, 0.717) is 12.6 Å². The highest BCUT2D eigenvalue weighted by Crippen LogP contribution is 2.10. The molecule has 0 aromatic rings. The van der Waals surface area contributed by atoms with Gasteiger partial charge in [-0.25, -0.2) is 0 Å². The lowest BCUT2D eigenvalue weighted by molar-refractivity contribution is 0.0796. The fraction of sp³-hybridized carbons (Fsp3) is 0.913. The monoisotopic (exact) mass is 368 g/mol. The largest absolute Gasteiger partial charge is 0.380 e. The number of nitrogens with zero attached hydrogens (tertiary/aromatic N) is 1. The minimum absolute atomic E-state index is 0.351. The zero-order valence-corrected chi connectivity index (χ0v) is 18.2. The molecule has 3 heteroatoms. The molecule has 0 amide bonds. The van der Waals surface area contributed by atoms with Crippen molar-refractivity contribution in [2.24, 2.45) is 5.73 Å². The first-order chi connectivity index (χ1) is 12.7. The maximum Gasteiger partial charge on any atom is 0.0633 e. The lowest BCUT2D eigenvalue weighted by Crippen LogP contribution is -2.39. The first-order valence-corrected chi connectivity index (χ1v) is 11.3. The van der Waals surface area contributed by atoms with Gasteiger partial charge in [0.05, 0.1) is 6.61 Å². The van der Waals surface area contributed by atoms with E-state index in [-0.39, 0.29) is 0 Å². The van der Waals surface area contributed by atoms with Crippen LogP contribution in [0.3, 0.4) is 0 Å². The molecule has 2 N–H and O–H groups in total. The summed E-state index contributed by atoms with van der Waals surface area (Å²) in [6.07, 6.45) is 23.7. The van der Waals surface area contributed by atoms with Crippen molar-refractivity contribution in [3.8, 4) is 0 Å². The van der Waals surface area contributed by atoms with E-state index in [4.69, 9.17) is 10.5 Å². The van der Waals surface area contributed by atoms with Crippen molar-refractivity contribution in [2.45, 2.75) is 103 Å². The van der Waals surface area contributed by atoms with Crippen LogP contribution >= 0.6 is 0 Å². The Morgan fingerprint density at radius 2 is 1.27 bits per heavy atom. The number of nitrogens with two attached hydrogens (primary N) is 1. The van der Waals surface area contributed by atoms with Gasteiger partial charge in [0.15, 0.2) is 0 Å². The summed E-state index contributed by atoms with van der Waals surface area (Å²) in [6, 6.07) is 0.351. The van der Waals surface area contributed by atoms with Gasteiger partial charge in [-0.15, -0.1) is 0 Å². The van der Waals surface area contributed by atoms with Crippen LogP contribution in [0.2, 0.25) is 0 Å². The van der Waals surface area contributed by atoms with Crippen molar-refractivity contribution in [1.29, 1.82) is 0 Å². The van der Waals surface area contributed by atoms with Gasteiger partial charge in [0.25, 0.3) is 0 Å². The van der Waals surface area contributed by atoms with Gasteiger partial charge < -0.3 is 15.4 Å². The Labute approximate surface area is 164 Å². The minimum Gasteiger partial charge on any atom is -0.380 e. The first-order valence-electron chi connectivity index (χ1n) is 11.3. The molecule has 0 aromatic heterocycles. The summed E-state index contributed by atoms with van der Waals surface area (Å²) in [5.41, 5.74) is 5.72. The average Bonchev–Trinajstić information content (AvgIpc) is 2.63. The Balaban J connectivity index is 3.18. The molecule has 0 aliphatic carbocycles. The van der Waals surface area contributed by atoms with Gasteiger partial charge in [-0.05, 0) is 46.2 Å². The number of ether oxygens (including phenoxy) is 1. The van der Waals surface area contributed by atoms with Gasteiger partial charge in [0.2, 0.25) is 0 Å². The highest BCUT2D eigenvalue weighted by Gasteiger charge is 2.08. The third kappa shape index (κ3) is 18.4. The number of allylic oxidation sites excluding steroid dienone is 2. The SMILES string of the molecule is CCCCCCCC/C=C\CCCCCCCCOC[C@@H](CN)N(C)C. The Morgan fingerprint density at radius 1 is 0.769 bits per heavy atom. The van der Waals surface area contributed by atoms with Crippen LogP contribution in [0.5, 0.6) is 0 Å². The lowest BCUT2D eigenvalue weighted by Gasteiger charge is -2.22. The van der Waals surface area contributed by atoms with Gasteiger partial charge in [0, 0.05) is 19.2 Å². The van der Waals surface area contributed by atoms with Crippen LogP contribution in [0.4, 0.5) is 0 Å². The molecule has 0 bridgehead atoms. The maximum atomic E-state index is 5.74. The van der Waals surface area contributed by atoms with Gasteiger partial charge in [-0.2, -0.15) is 0 Å². The molecule has 0 radical (unpaired) electrons. The topological polar surface area (TPSA) is 38.5 Å². The van der Waals surface area contributed by atoms with E-state index < -0.39 is 0 Å². The van der Waals surface area contributed by atoms with E-state index in [1.807, 2.05) is 0 Å². The molecule has 0 aromatic carbocycles. The van der Waals surface area contributed by atoms with Crippen LogP contribution in [-0.2, 0) is 4.74 Å². The Morgan fingerprint density at radius 3 is 1.77 bits per heavy atom. The number of hydrogen-bond acceptors (Lipinski definition) is 3. The summed E-state index contributed by atoms with van der Waals surface area (Å²) < 4.78 is 5.74. The van der Waals surface area contributed by atoms with Gasteiger partial charge in [-0.3, -0.25) is 0 Å². The summed E-state index contributed by atoms with van der Waals surface area (Å²) in [5.74, 6) is 0. The molecule has 0 aliphatic heterocycles. The lowest BCUT2D eigenvalue weighted by atomic mass is 10.1. The van der Waals surface area contributed by atoms with E-state index in [0.717, 1.165) is 13.2 Å². The Kier molecular flexibility index (Phi) is 20.6. The predicted molar refractivity (Wildman–Crippen MR) is 117 cm³/mol. The smallest absolute Gasteiger partial charge is 0.0633 e. The Hall–Kier alpha value is -0.380. The molecular formula is C23H48N2O. The quantitative estimate of drug-likeness (QED) is 0.214. The third-order valence-electron chi connectivity index (χ3n) is 5.11. The predicted octanol–water partition coefficient (Wildman–Crippen LogP) is 5.93. The van der Waals surface area contributed by atoms with Crippen LogP contribution < -0.4 is 5.73 Å². The molecule has 26 heavy (non-hydrogen) atoms. The Bertz CT molecular complexity index is 292. The van der Waals surface area contributed by atoms with E-state index >= 15 is 0 Å². The highest BCUT2D eigenvalue weighted by atomic mass is 16.5. The van der Waals surface area contributed by atoms with Crippen LogP contribution in [0, 0.1) is 0 Å². The number of rotatable bonds is 20. The van der Waals surface area contributed by atoms with E-state index in [1.54, 1.807) is 0 Å². The number of likely N-dealkylation sites (N-methyl/N-ethyl adjacent to an activating group) is 1. The zero-order chi connectivity index (χ0) is 19.3. The third-order valence-corrected chi connectivity index (χ3v) is 5.11. The molecule has 0 rings (SSSR count). The van der Waals surface area contributed by atoms with E-state index in [9.17, 15) is 0 Å². The van der Waals surface area contributed by atoms with Gasteiger partial charge in [-0.1, -0.05) is 76.9 Å². The summed E-state index contributed by atoms with van der Waals surface area (Å²) in [7, 11) is 4.12. The van der Waals surface area contributed by atoms with Crippen molar-refractivity contribution in [1.82, 2.24) is 4.90 Å². The van der Waals surface area contributed by atoms with Crippen LogP contribution in [-0.4, -0.2) is 44.8 Å². The van der Waals surface area contributed by atoms with E-state index in [2.05, 4.69) is 38.1 Å². The van der Waals surface area contributed by atoms with Crippen LogP contribution in [0.1, 0.15) is 96.8 Å². The maximum absolute atomic E-state index is 5.74. The summed E-state index contributed by atoms with van der Waals surface area (Å²) in [4.78, 5) is 2.14. The van der Waals surface area contributed by atoms with Crippen LogP contribution in [0.25, 0.3) is 0 Å². The minimum atomic E-state index is 0.351. The summed E-state index contributed by atoms with van der Waals surface area (Å²) in [5, 5.41) is 0. The fourth-order valence-electron chi connectivity index (χ4n) is 3.10. The van der Waals surface area contributed by atoms with E-state index in [1.165, 1.54) is 89.9 Å². The molecule has 0 heterocycles. The molecular weight excluding hydrogens is 320 g/mol. The molecule has 0 saturated carbocycles. The van der Waals surface area contributed by atoms with Gasteiger partial charge in [0.1, 0.15) is 0 Å². The average molecular weight is 369 g/mol. The molecule has 0 unspecified atom stereocenters. The van der Waals surface area contributed by atoms with Gasteiger partial charge >= 0.3 is 0 Å². The first kappa shape index (κ1) is 25.6. The van der Waals surface area contributed by atoms with Crippen molar-refractivity contribution in [3.05, 3.63) is 12.2 Å². The molecule has 0 fully saturated rings. The second-order valence-corrected chi connectivity index (χ2v) is 7.87. The molecule has 156 valence electrons. The standard InChI is InChI=1S/C23H48N2O/c1-4-5-6-7-8-9-10-11-12-13-14-15-16-17-18-19-20-26-22-23(21-24)25(2)3/h11-12,23H,4-10,13-22,24H2,1-3H3/b12-11-/t23-/m1/s1. The van der Waals surface area contributed by atoms with Crippen molar-refractivity contribution in [3.63, 3.8) is 0 Å². The van der Waals surface area contributed by atoms with Crippen molar-refractivity contribution < 1.29 is 4.74 Å².